The molecular weight excluding hydrogens is 433 g/mol. The first-order valence-corrected chi connectivity index (χ1v) is 10.4. The third-order valence-electron chi connectivity index (χ3n) is 4.94. The second-order valence-corrected chi connectivity index (χ2v) is 7.88. The van der Waals surface area contributed by atoms with Crippen molar-refractivity contribution in [2.75, 3.05) is 0 Å². The van der Waals surface area contributed by atoms with E-state index in [1.165, 1.54) is 11.0 Å². The summed E-state index contributed by atoms with van der Waals surface area (Å²) in [6, 6.07) is 21.1. The van der Waals surface area contributed by atoms with Gasteiger partial charge in [-0.1, -0.05) is 77.8 Å². The summed E-state index contributed by atoms with van der Waals surface area (Å²) in [5, 5.41) is 11.1. The van der Waals surface area contributed by atoms with E-state index in [0.717, 1.165) is 11.1 Å². The van der Waals surface area contributed by atoms with Crippen LogP contribution in [0.5, 0.6) is 0 Å². The monoisotopic (exact) mass is 453 g/mol. The van der Waals surface area contributed by atoms with Gasteiger partial charge in [0.15, 0.2) is 6.04 Å². The molecule has 0 bridgehead atoms. The molecule has 1 amide bonds. The highest BCUT2D eigenvalue weighted by Crippen LogP contribution is 2.32. The van der Waals surface area contributed by atoms with E-state index < -0.39 is 24.0 Å². The maximum absolute atomic E-state index is 13.3. The molecule has 0 aromatic heterocycles. The maximum Gasteiger partial charge on any atom is 0.331 e. The third kappa shape index (κ3) is 5.75. The lowest BCUT2D eigenvalue weighted by molar-refractivity contribution is -0.150. The smallest absolute Gasteiger partial charge is 0.331 e. The first kappa shape index (κ1) is 22.6. The Labute approximate surface area is 191 Å². The minimum absolute atomic E-state index is 0.423. The molecule has 0 spiro atoms. The summed E-state index contributed by atoms with van der Waals surface area (Å²) < 4.78 is 0. The van der Waals surface area contributed by atoms with Crippen LogP contribution in [0, 0.1) is 0 Å². The molecule has 0 fully saturated rings. The lowest BCUT2D eigenvalue weighted by Gasteiger charge is -2.34. The third-order valence-corrected chi connectivity index (χ3v) is 5.44. The molecule has 2 atom stereocenters. The average molecular weight is 454 g/mol. The normalized spacial score (nSPS) is 13.0. The fourth-order valence-electron chi connectivity index (χ4n) is 3.33. The van der Waals surface area contributed by atoms with Crippen LogP contribution >= 0.6 is 23.2 Å². The molecule has 0 saturated carbocycles. The van der Waals surface area contributed by atoms with Gasteiger partial charge in [0.1, 0.15) is 0 Å². The largest absolute Gasteiger partial charge is 0.479 e. The highest BCUT2D eigenvalue weighted by Gasteiger charge is 2.34. The molecule has 4 nitrogen and oxygen atoms in total. The van der Waals surface area contributed by atoms with Crippen LogP contribution in [0.15, 0.2) is 84.9 Å². The van der Waals surface area contributed by atoms with Gasteiger partial charge in [0.25, 0.3) is 0 Å². The van der Waals surface area contributed by atoms with Crippen LogP contribution in [-0.4, -0.2) is 21.9 Å². The molecule has 0 unspecified atom stereocenters. The zero-order chi connectivity index (χ0) is 22.4. The molecule has 31 heavy (non-hydrogen) atoms. The van der Waals surface area contributed by atoms with Gasteiger partial charge in [-0.2, -0.15) is 0 Å². The molecule has 0 aliphatic rings. The number of nitrogens with zero attached hydrogens (tertiary/aromatic N) is 1. The number of aliphatic carboxylic acids is 1. The van der Waals surface area contributed by atoms with Crippen LogP contribution in [0.3, 0.4) is 0 Å². The van der Waals surface area contributed by atoms with E-state index in [-0.39, 0.29) is 0 Å². The van der Waals surface area contributed by atoms with Gasteiger partial charge in [-0.05, 0) is 54.0 Å². The van der Waals surface area contributed by atoms with E-state index in [1.54, 1.807) is 61.5 Å². The summed E-state index contributed by atoms with van der Waals surface area (Å²) in [6.07, 6.45) is 3.07. The Balaban J connectivity index is 2.04. The Morgan fingerprint density at radius 3 is 1.87 bits per heavy atom. The molecule has 6 heteroatoms. The van der Waals surface area contributed by atoms with Gasteiger partial charge in [-0.15, -0.1) is 0 Å². The quantitative estimate of drug-likeness (QED) is 0.419. The number of hydrogen-bond donors (Lipinski definition) is 1. The summed E-state index contributed by atoms with van der Waals surface area (Å²) in [7, 11) is 0. The average Bonchev–Trinajstić information content (AvgIpc) is 2.77. The van der Waals surface area contributed by atoms with Crippen molar-refractivity contribution >= 4 is 41.2 Å². The topological polar surface area (TPSA) is 57.6 Å². The molecule has 0 aliphatic heterocycles. The SMILES string of the molecule is C[C@H](c1ccc(Cl)cc1)N(C(=O)/C=C/c1ccccc1)[C@@H](C(=O)O)c1ccc(Cl)cc1. The van der Waals surface area contributed by atoms with Crippen molar-refractivity contribution in [2.45, 2.75) is 19.0 Å². The highest BCUT2D eigenvalue weighted by molar-refractivity contribution is 6.30. The van der Waals surface area contributed by atoms with Gasteiger partial charge in [-0.3, -0.25) is 4.79 Å². The second-order valence-electron chi connectivity index (χ2n) is 7.01. The van der Waals surface area contributed by atoms with E-state index in [0.29, 0.717) is 15.6 Å². The van der Waals surface area contributed by atoms with Crippen LogP contribution in [0.2, 0.25) is 10.0 Å². The summed E-state index contributed by atoms with van der Waals surface area (Å²) in [5.74, 6) is -1.56. The molecule has 1 N–H and O–H groups in total. The molecule has 3 aromatic carbocycles. The van der Waals surface area contributed by atoms with Crippen molar-refractivity contribution in [1.82, 2.24) is 4.90 Å². The Morgan fingerprint density at radius 1 is 0.839 bits per heavy atom. The van der Waals surface area contributed by atoms with Gasteiger partial charge >= 0.3 is 5.97 Å². The number of carbonyl (C=O) groups excluding carboxylic acids is 1. The Kier molecular flexibility index (Phi) is 7.50. The number of hydrogen-bond acceptors (Lipinski definition) is 2. The number of benzene rings is 3. The van der Waals surface area contributed by atoms with Crippen molar-refractivity contribution in [3.8, 4) is 0 Å². The van der Waals surface area contributed by atoms with Crippen molar-refractivity contribution in [2.24, 2.45) is 0 Å². The summed E-state index contributed by atoms with van der Waals surface area (Å²) in [5.41, 5.74) is 2.07. The Morgan fingerprint density at radius 2 is 1.35 bits per heavy atom. The first-order chi connectivity index (χ1) is 14.9. The van der Waals surface area contributed by atoms with Crippen LogP contribution in [0.1, 0.15) is 35.7 Å². The van der Waals surface area contributed by atoms with E-state index in [4.69, 9.17) is 23.2 Å². The predicted molar refractivity (Wildman–Crippen MR) is 124 cm³/mol. The van der Waals surface area contributed by atoms with Crippen LogP contribution in [0.4, 0.5) is 0 Å². The zero-order valence-corrected chi connectivity index (χ0v) is 18.3. The van der Waals surface area contributed by atoms with E-state index >= 15 is 0 Å². The van der Waals surface area contributed by atoms with E-state index in [9.17, 15) is 14.7 Å². The number of rotatable bonds is 7. The standard InChI is InChI=1S/C25H21Cl2NO3/c1-17(19-8-12-21(26)13-9-19)28(23(29)16-7-18-5-3-2-4-6-18)24(25(30)31)20-10-14-22(27)15-11-20/h2-17,24H,1H3,(H,30,31)/b16-7+/t17-,24-/m1/s1. The fourth-order valence-corrected chi connectivity index (χ4v) is 3.58. The number of carboxylic acid groups (broad SMARTS) is 1. The lowest BCUT2D eigenvalue weighted by Crippen LogP contribution is -2.40. The van der Waals surface area contributed by atoms with Gasteiger partial charge in [-0.25, -0.2) is 4.79 Å². The van der Waals surface area contributed by atoms with Gasteiger partial charge < -0.3 is 10.0 Å². The molecule has 3 rings (SSSR count). The molecule has 0 saturated heterocycles. The van der Waals surface area contributed by atoms with E-state index in [2.05, 4.69) is 0 Å². The van der Waals surface area contributed by atoms with Gasteiger partial charge in [0.05, 0.1) is 6.04 Å². The van der Waals surface area contributed by atoms with Crippen molar-refractivity contribution in [3.63, 3.8) is 0 Å². The van der Waals surface area contributed by atoms with Gasteiger partial charge in [0.2, 0.25) is 5.91 Å². The molecule has 0 radical (unpaired) electrons. The van der Waals surface area contributed by atoms with Crippen LogP contribution < -0.4 is 0 Å². The Hall–Kier alpha value is -3.08. The summed E-state index contributed by atoms with van der Waals surface area (Å²) in [6.45, 7) is 1.79. The maximum atomic E-state index is 13.3. The molecule has 0 aliphatic carbocycles. The fraction of sp³-hybridized carbons (Fsp3) is 0.120. The van der Waals surface area contributed by atoms with Crippen LogP contribution in [0.25, 0.3) is 6.08 Å². The number of amides is 1. The number of carbonyl (C=O) groups is 2. The first-order valence-electron chi connectivity index (χ1n) is 9.66. The van der Waals surface area contributed by atoms with E-state index in [1.807, 2.05) is 30.3 Å². The number of halogens is 2. The second kappa shape index (κ2) is 10.3. The van der Waals surface area contributed by atoms with Crippen LogP contribution in [-0.2, 0) is 9.59 Å². The predicted octanol–water partition coefficient (Wildman–Crippen LogP) is 6.42. The summed E-state index contributed by atoms with van der Waals surface area (Å²) in [4.78, 5) is 27.0. The Bertz CT molecular complexity index is 1060. The van der Waals surface area contributed by atoms with Crippen molar-refractivity contribution < 1.29 is 14.7 Å². The molecule has 0 heterocycles. The number of carboxylic acids is 1. The van der Waals surface area contributed by atoms with Gasteiger partial charge in [0, 0.05) is 16.1 Å². The molecular formula is C25H21Cl2NO3. The zero-order valence-electron chi connectivity index (χ0n) is 16.8. The van der Waals surface area contributed by atoms with Crippen molar-refractivity contribution in [1.29, 1.82) is 0 Å². The van der Waals surface area contributed by atoms with Crippen molar-refractivity contribution in [3.05, 3.63) is 112 Å². The lowest BCUT2D eigenvalue weighted by atomic mass is 9.99. The molecule has 3 aromatic rings. The summed E-state index contributed by atoms with van der Waals surface area (Å²) >= 11 is 12.0. The minimum Gasteiger partial charge on any atom is -0.479 e. The highest BCUT2D eigenvalue weighted by atomic mass is 35.5. The minimum atomic E-state index is -1.20. The molecule has 158 valence electrons.